The van der Waals surface area contributed by atoms with Crippen molar-refractivity contribution >= 4 is 46.7 Å². The number of alkyl carbamates (subject to hydrolysis) is 1. The zero-order valence-electron chi connectivity index (χ0n) is 21.7. The summed E-state index contributed by atoms with van der Waals surface area (Å²) in [6.45, 7) is 10.7. The fourth-order valence-electron chi connectivity index (χ4n) is 3.93. The van der Waals surface area contributed by atoms with Crippen LogP contribution in [-0.4, -0.2) is 87.5 Å². The van der Waals surface area contributed by atoms with Gasteiger partial charge in [-0.25, -0.2) is 4.79 Å². The van der Waals surface area contributed by atoms with Crippen molar-refractivity contribution in [1.29, 1.82) is 0 Å². The van der Waals surface area contributed by atoms with Crippen molar-refractivity contribution in [2.45, 2.75) is 39.2 Å². The highest BCUT2D eigenvalue weighted by Gasteiger charge is 2.29. The molecule has 1 aromatic carbocycles. The first-order valence-corrected chi connectivity index (χ1v) is 13.3. The molecule has 37 heavy (non-hydrogen) atoms. The van der Waals surface area contributed by atoms with E-state index in [0.717, 1.165) is 25.2 Å². The Morgan fingerprint density at radius 1 is 1.08 bits per heavy atom. The quantitative estimate of drug-likeness (QED) is 0.401. The minimum Gasteiger partial charge on any atom is -0.444 e. The number of carbonyl (C=O) groups excluding carboxylic acids is 2. The van der Waals surface area contributed by atoms with Crippen molar-refractivity contribution in [3.05, 3.63) is 28.2 Å². The number of nitrogens with zero attached hydrogens (tertiary/aromatic N) is 3. The number of hydrazone groups is 1. The average Bonchev–Trinajstić information content (AvgIpc) is 3.48. The Labute approximate surface area is 228 Å². The summed E-state index contributed by atoms with van der Waals surface area (Å²) >= 11 is 12.1. The Kier molecular flexibility index (Phi) is 11.3. The lowest BCUT2D eigenvalue weighted by molar-refractivity contribution is -0.123. The Balaban J connectivity index is 1.24. The van der Waals surface area contributed by atoms with Gasteiger partial charge < -0.3 is 29.7 Å². The van der Waals surface area contributed by atoms with Gasteiger partial charge in [0, 0.05) is 32.6 Å². The van der Waals surface area contributed by atoms with Crippen LogP contribution in [0.5, 0.6) is 0 Å². The molecule has 10 nitrogen and oxygen atoms in total. The molecular formula is C25H37Cl2N5O5. The van der Waals surface area contributed by atoms with Gasteiger partial charge >= 0.3 is 6.09 Å². The Morgan fingerprint density at radius 3 is 2.57 bits per heavy atom. The van der Waals surface area contributed by atoms with Gasteiger partial charge in [-0.2, -0.15) is 5.10 Å². The summed E-state index contributed by atoms with van der Waals surface area (Å²) in [7, 11) is 0. The number of halogens is 2. The summed E-state index contributed by atoms with van der Waals surface area (Å²) in [6.07, 6.45) is 1.02. The van der Waals surface area contributed by atoms with E-state index >= 15 is 0 Å². The van der Waals surface area contributed by atoms with E-state index in [-0.39, 0.29) is 11.8 Å². The van der Waals surface area contributed by atoms with E-state index in [1.54, 1.807) is 12.1 Å². The highest BCUT2D eigenvalue weighted by molar-refractivity contribution is 6.42. The van der Waals surface area contributed by atoms with Gasteiger partial charge in [0.05, 0.1) is 48.1 Å². The van der Waals surface area contributed by atoms with Crippen LogP contribution in [0.1, 0.15) is 33.6 Å². The molecule has 1 aromatic rings. The van der Waals surface area contributed by atoms with Gasteiger partial charge in [-0.1, -0.05) is 23.2 Å². The number of benzene rings is 1. The zero-order valence-corrected chi connectivity index (χ0v) is 23.2. The minimum absolute atomic E-state index is 0.00606. The molecule has 1 atom stereocenters. The summed E-state index contributed by atoms with van der Waals surface area (Å²) in [5.41, 5.74) is 0.326. The molecule has 0 saturated carbocycles. The maximum Gasteiger partial charge on any atom is 0.407 e. The number of likely N-dealkylation sites (tertiary alicyclic amines) is 1. The molecule has 0 radical (unpaired) electrons. The van der Waals surface area contributed by atoms with E-state index < -0.39 is 11.7 Å². The Hall–Kier alpha value is -2.11. The normalized spacial score (nSPS) is 18.1. The van der Waals surface area contributed by atoms with Gasteiger partial charge in [0.25, 0.3) is 0 Å². The van der Waals surface area contributed by atoms with E-state index in [4.69, 9.17) is 37.4 Å². The first-order chi connectivity index (χ1) is 17.6. The molecule has 2 heterocycles. The van der Waals surface area contributed by atoms with Gasteiger partial charge in [0.1, 0.15) is 11.4 Å². The molecule has 2 aliphatic rings. The van der Waals surface area contributed by atoms with Crippen LogP contribution in [0.2, 0.25) is 10.0 Å². The molecule has 0 unspecified atom stereocenters. The van der Waals surface area contributed by atoms with E-state index in [9.17, 15) is 9.59 Å². The van der Waals surface area contributed by atoms with Crippen LogP contribution in [0.25, 0.3) is 0 Å². The molecule has 0 bridgehead atoms. The number of rotatable bonds is 11. The fourth-order valence-corrected chi connectivity index (χ4v) is 4.22. The zero-order chi connectivity index (χ0) is 26.8. The van der Waals surface area contributed by atoms with E-state index in [1.165, 1.54) is 0 Å². The van der Waals surface area contributed by atoms with Crippen LogP contribution in [0.15, 0.2) is 23.3 Å². The molecule has 0 spiro atoms. The Bertz CT molecular complexity index is 956. The van der Waals surface area contributed by atoms with E-state index in [1.807, 2.05) is 31.8 Å². The standard InChI is InChI=1S/C25H37Cl2N5O5/c1-25(2,3)37-24(34)28-8-12-35-14-15-36-13-11-31-9-6-18(17-31)23(33)29-22-7-10-32(30-22)19-4-5-20(26)21(27)16-19/h4-5,16,18H,6-15,17H2,1-3H3,(H,28,34)(H,29,30,33)/t18-/m0/s1. The third-order valence-corrected chi connectivity index (χ3v) is 6.49. The average molecular weight is 559 g/mol. The molecule has 3 rings (SSSR count). The number of hydrogen-bond acceptors (Lipinski definition) is 8. The number of ether oxygens (including phenoxy) is 3. The van der Waals surface area contributed by atoms with Crippen LogP contribution in [0.3, 0.4) is 0 Å². The van der Waals surface area contributed by atoms with Crippen LogP contribution < -0.4 is 15.6 Å². The maximum absolute atomic E-state index is 12.7. The lowest BCUT2D eigenvalue weighted by Gasteiger charge is -2.19. The second-order valence-corrected chi connectivity index (χ2v) is 10.8. The smallest absolute Gasteiger partial charge is 0.407 e. The second kappa shape index (κ2) is 14.2. The number of amides is 2. The van der Waals surface area contributed by atoms with Crippen molar-refractivity contribution in [2.24, 2.45) is 11.0 Å². The van der Waals surface area contributed by atoms with Crippen molar-refractivity contribution in [3.8, 4) is 0 Å². The Morgan fingerprint density at radius 2 is 1.84 bits per heavy atom. The third-order valence-electron chi connectivity index (χ3n) is 5.75. The van der Waals surface area contributed by atoms with Gasteiger partial charge in [-0.15, -0.1) is 0 Å². The van der Waals surface area contributed by atoms with E-state index in [0.29, 0.717) is 68.4 Å². The third kappa shape index (κ3) is 10.3. The predicted octanol–water partition coefficient (Wildman–Crippen LogP) is 3.51. The first-order valence-electron chi connectivity index (χ1n) is 12.6. The molecule has 1 saturated heterocycles. The van der Waals surface area contributed by atoms with Gasteiger partial charge in [0.15, 0.2) is 0 Å². The van der Waals surface area contributed by atoms with Crippen LogP contribution in [-0.2, 0) is 19.0 Å². The predicted molar refractivity (Wildman–Crippen MR) is 144 cm³/mol. The minimum atomic E-state index is -0.515. The lowest BCUT2D eigenvalue weighted by atomic mass is 10.1. The van der Waals surface area contributed by atoms with Crippen molar-refractivity contribution < 1.29 is 23.8 Å². The molecule has 2 amide bonds. The molecule has 12 heteroatoms. The molecule has 206 valence electrons. The summed E-state index contributed by atoms with van der Waals surface area (Å²) in [5.74, 6) is 0.605. The maximum atomic E-state index is 12.7. The summed E-state index contributed by atoms with van der Waals surface area (Å²) in [4.78, 5) is 26.5. The second-order valence-electron chi connectivity index (χ2n) is 9.95. The molecule has 1 fully saturated rings. The van der Waals surface area contributed by atoms with Crippen molar-refractivity contribution in [2.75, 3.05) is 64.2 Å². The summed E-state index contributed by atoms with van der Waals surface area (Å²) < 4.78 is 16.3. The highest BCUT2D eigenvalue weighted by Crippen LogP contribution is 2.28. The SMILES string of the molecule is CC(C)(C)OC(=O)NCCOCCOCCN1CC[C@H](C(=O)NC2=NN(c3ccc(Cl)c(Cl)c3)CC2)C1. The summed E-state index contributed by atoms with van der Waals surface area (Å²) in [6, 6.07) is 5.36. The number of hydrogen-bond donors (Lipinski definition) is 2. The first kappa shape index (κ1) is 29.4. The van der Waals surface area contributed by atoms with Gasteiger partial charge in [-0.05, 0) is 51.9 Å². The van der Waals surface area contributed by atoms with E-state index in [2.05, 4.69) is 20.6 Å². The van der Waals surface area contributed by atoms with Crippen molar-refractivity contribution in [1.82, 2.24) is 15.5 Å². The number of amidine groups is 1. The number of anilines is 1. The highest BCUT2D eigenvalue weighted by atomic mass is 35.5. The number of carbonyl (C=O) groups is 2. The monoisotopic (exact) mass is 557 g/mol. The largest absolute Gasteiger partial charge is 0.444 e. The molecule has 0 aliphatic carbocycles. The van der Waals surface area contributed by atoms with Crippen molar-refractivity contribution in [3.63, 3.8) is 0 Å². The van der Waals surface area contributed by atoms with Gasteiger partial charge in [-0.3, -0.25) is 9.80 Å². The van der Waals surface area contributed by atoms with Crippen LogP contribution in [0, 0.1) is 5.92 Å². The summed E-state index contributed by atoms with van der Waals surface area (Å²) in [5, 5.41) is 12.9. The van der Waals surface area contributed by atoms with Crippen LogP contribution in [0.4, 0.5) is 10.5 Å². The molecule has 0 aromatic heterocycles. The van der Waals surface area contributed by atoms with Gasteiger partial charge in [0.2, 0.25) is 5.91 Å². The molecule has 2 N–H and O–H groups in total. The van der Waals surface area contributed by atoms with Crippen LogP contribution >= 0.6 is 23.2 Å². The molecular weight excluding hydrogens is 521 g/mol. The topological polar surface area (TPSA) is 105 Å². The lowest BCUT2D eigenvalue weighted by Crippen LogP contribution is -2.36. The fraction of sp³-hybridized carbons (Fsp3) is 0.640. The number of nitrogens with one attached hydrogen (secondary N) is 2. The molecule has 2 aliphatic heterocycles.